The van der Waals surface area contributed by atoms with Gasteiger partial charge in [0.25, 0.3) is 0 Å². The first kappa shape index (κ1) is 11.0. The van der Waals surface area contributed by atoms with Crippen molar-refractivity contribution >= 4 is 0 Å². The Bertz CT molecular complexity index is 135. The van der Waals surface area contributed by atoms with Crippen molar-refractivity contribution in [3.8, 4) is 0 Å². The summed E-state index contributed by atoms with van der Waals surface area (Å²) in [5.41, 5.74) is 0. The highest BCUT2D eigenvalue weighted by molar-refractivity contribution is 4.78. The van der Waals surface area contributed by atoms with Crippen LogP contribution >= 0.6 is 0 Å². The SMILES string of the molecule is COC(C)CCCN1CC(CO)C1. The Morgan fingerprint density at radius 1 is 1.54 bits per heavy atom. The largest absolute Gasteiger partial charge is 0.396 e. The van der Waals surface area contributed by atoms with Gasteiger partial charge < -0.3 is 14.7 Å². The molecule has 1 atom stereocenters. The number of aliphatic hydroxyl groups is 1. The van der Waals surface area contributed by atoms with Crippen LogP contribution in [0.25, 0.3) is 0 Å². The van der Waals surface area contributed by atoms with Gasteiger partial charge in [-0.15, -0.1) is 0 Å². The zero-order valence-electron chi connectivity index (χ0n) is 8.70. The molecule has 3 heteroatoms. The van der Waals surface area contributed by atoms with Gasteiger partial charge in [-0.1, -0.05) is 0 Å². The molecule has 1 rings (SSSR count). The molecule has 1 fully saturated rings. The highest BCUT2D eigenvalue weighted by atomic mass is 16.5. The molecule has 0 aromatic carbocycles. The van der Waals surface area contributed by atoms with Crippen molar-refractivity contribution in [2.75, 3.05) is 33.4 Å². The van der Waals surface area contributed by atoms with Crippen molar-refractivity contribution in [2.24, 2.45) is 5.92 Å². The highest BCUT2D eigenvalue weighted by Crippen LogP contribution is 2.15. The van der Waals surface area contributed by atoms with Crippen LogP contribution in [0.3, 0.4) is 0 Å². The smallest absolute Gasteiger partial charge is 0.0543 e. The number of hydrogen-bond acceptors (Lipinski definition) is 3. The molecule has 0 aromatic rings. The van der Waals surface area contributed by atoms with E-state index in [1.807, 2.05) is 0 Å². The van der Waals surface area contributed by atoms with Crippen LogP contribution in [0.2, 0.25) is 0 Å². The summed E-state index contributed by atoms with van der Waals surface area (Å²) in [7, 11) is 1.76. The normalized spacial score (nSPS) is 21.5. The summed E-state index contributed by atoms with van der Waals surface area (Å²) < 4.78 is 5.17. The van der Waals surface area contributed by atoms with Gasteiger partial charge >= 0.3 is 0 Å². The van der Waals surface area contributed by atoms with Gasteiger partial charge in [0, 0.05) is 32.7 Å². The van der Waals surface area contributed by atoms with Gasteiger partial charge in [-0.25, -0.2) is 0 Å². The van der Waals surface area contributed by atoms with Crippen molar-refractivity contribution < 1.29 is 9.84 Å². The molecule has 0 saturated carbocycles. The third-order valence-corrected chi connectivity index (χ3v) is 2.78. The molecule has 78 valence electrons. The molecular weight excluding hydrogens is 166 g/mol. The zero-order chi connectivity index (χ0) is 9.68. The maximum Gasteiger partial charge on any atom is 0.0543 e. The minimum Gasteiger partial charge on any atom is -0.396 e. The summed E-state index contributed by atoms with van der Waals surface area (Å²) in [6.45, 7) is 5.78. The lowest BCUT2D eigenvalue weighted by Gasteiger charge is -2.38. The number of aliphatic hydroxyl groups excluding tert-OH is 1. The van der Waals surface area contributed by atoms with Crippen molar-refractivity contribution in [2.45, 2.75) is 25.9 Å². The lowest BCUT2D eigenvalue weighted by Crippen LogP contribution is -2.48. The van der Waals surface area contributed by atoms with Crippen LogP contribution in [0, 0.1) is 5.92 Å². The van der Waals surface area contributed by atoms with E-state index in [4.69, 9.17) is 9.84 Å². The molecule has 1 aliphatic heterocycles. The van der Waals surface area contributed by atoms with Crippen molar-refractivity contribution in [1.29, 1.82) is 0 Å². The lowest BCUT2D eigenvalue weighted by molar-refractivity contribution is 0.0463. The number of hydrogen-bond donors (Lipinski definition) is 1. The number of rotatable bonds is 6. The third kappa shape index (κ3) is 3.63. The number of methoxy groups -OCH3 is 1. The molecule has 13 heavy (non-hydrogen) atoms. The Morgan fingerprint density at radius 3 is 2.77 bits per heavy atom. The fraction of sp³-hybridized carbons (Fsp3) is 1.00. The summed E-state index contributed by atoms with van der Waals surface area (Å²) in [4.78, 5) is 2.39. The van der Waals surface area contributed by atoms with E-state index in [1.165, 1.54) is 6.42 Å². The Morgan fingerprint density at radius 2 is 2.23 bits per heavy atom. The van der Waals surface area contributed by atoms with Crippen LogP contribution in [0.15, 0.2) is 0 Å². The fourth-order valence-corrected chi connectivity index (χ4v) is 1.70. The maximum absolute atomic E-state index is 8.81. The molecule has 0 radical (unpaired) electrons. The summed E-state index contributed by atoms with van der Waals surface area (Å²) in [6, 6.07) is 0. The Kier molecular flexibility index (Phi) is 4.70. The van der Waals surface area contributed by atoms with E-state index in [0.29, 0.717) is 18.6 Å². The van der Waals surface area contributed by atoms with Crippen molar-refractivity contribution in [3.63, 3.8) is 0 Å². The molecule has 1 heterocycles. The molecule has 0 aliphatic carbocycles. The minimum atomic E-state index is 0.352. The lowest BCUT2D eigenvalue weighted by atomic mass is 10.0. The molecule has 0 aromatic heterocycles. The van der Waals surface area contributed by atoms with Crippen LogP contribution in [0.5, 0.6) is 0 Å². The van der Waals surface area contributed by atoms with Gasteiger partial charge in [0.1, 0.15) is 0 Å². The van der Waals surface area contributed by atoms with Gasteiger partial charge in [-0.05, 0) is 26.3 Å². The number of nitrogens with zero attached hydrogens (tertiary/aromatic N) is 1. The van der Waals surface area contributed by atoms with Crippen molar-refractivity contribution in [1.82, 2.24) is 4.90 Å². The van der Waals surface area contributed by atoms with Gasteiger partial charge in [-0.2, -0.15) is 0 Å². The van der Waals surface area contributed by atoms with Gasteiger partial charge in [0.2, 0.25) is 0 Å². The molecular formula is C10H21NO2. The average Bonchev–Trinajstić information content (AvgIpc) is 2.08. The molecule has 1 unspecified atom stereocenters. The molecule has 0 amide bonds. The first-order valence-electron chi connectivity index (χ1n) is 5.12. The second kappa shape index (κ2) is 5.58. The molecule has 1 N–H and O–H groups in total. The zero-order valence-corrected chi connectivity index (χ0v) is 8.70. The summed E-state index contributed by atoms with van der Waals surface area (Å²) in [5.74, 6) is 0.542. The van der Waals surface area contributed by atoms with Gasteiger partial charge in [0.05, 0.1) is 6.10 Å². The summed E-state index contributed by atoms with van der Waals surface area (Å²) >= 11 is 0. The van der Waals surface area contributed by atoms with E-state index in [9.17, 15) is 0 Å². The monoisotopic (exact) mass is 187 g/mol. The van der Waals surface area contributed by atoms with Gasteiger partial charge in [0.15, 0.2) is 0 Å². The fourth-order valence-electron chi connectivity index (χ4n) is 1.70. The average molecular weight is 187 g/mol. The molecule has 0 bridgehead atoms. The topological polar surface area (TPSA) is 32.7 Å². The second-order valence-electron chi connectivity index (χ2n) is 4.00. The number of ether oxygens (including phenoxy) is 1. The highest BCUT2D eigenvalue weighted by Gasteiger charge is 2.24. The molecule has 0 spiro atoms. The first-order valence-corrected chi connectivity index (χ1v) is 5.12. The van der Waals surface area contributed by atoms with E-state index >= 15 is 0 Å². The van der Waals surface area contributed by atoms with Crippen LogP contribution < -0.4 is 0 Å². The minimum absolute atomic E-state index is 0.352. The molecule has 1 saturated heterocycles. The maximum atomic E-state index is 8.81. The van der Waals surface area contributed by atoms with Crippen LogP contribution in [0.1, 0.15) is 19.8 Å². The van der Waals surface area contributed by atoms with E-state index in [0.717, 1.165) is 26.1 Å². The summed E-state index contributed by atoms with van der Waals surface area (Å²) in [6.07, 6.45) is 2.72. The molecule has 3 nitrogen and oxygen atoms in total. The van der Waals surface area contributed by atoms with E-state index in [2.05, 4.69) is 11.8 Å². The van der Waals surface area contributed by atoms with E-state index in [-0.39, 0.29) is 0 Å². The van der Waals surface area contributed by atoms with E-state index in [1.54, 1.807) is 7.11 Å². The van der Waals surface area contributed by atoms with Crippen LogP contribution in [-0.4, -0.2) is 49.5 Å². The second-order valence-corrected chi connectivity index (χ2v) is 4.00. The third-order valence-electron chi connectivity index (χ3n) is 2.78. The van der Waals surface area contributed by atoms with Crippen LogP contribution in [-0.2, 0) is 4.74 Å². The summed E-state index contributed by atoms with van der Waals surface area (Å²) in [5, 5.41) is 8.81. The quantitative estimate of drug-likeness (QED) is 0.665. The van der Waals surface area contributed by atoms with Gasteiger partial charge in [-0.3, -0.25) is 0 Å². The van der Waals surface area contributed by atoms with Crippen molar-refractivity contribution in [3.05, 3.63) is 0 Å². The first-order chi connectivity index (χ1) is 6.26. The Hall–Kier alpha value is -0.120. The molecule has 1 aliphatic rings. The van der Waals surface area contributed by atoms with Crippen LogP contribution in [0.4, 0.5) is 0 Å². The predicted octanol–water partition coefficient (Wildman–Crippen LogP) is 0.726. The van der Waals surface area contributed by atoms with E-state index < -0.39 is 0 Å². The predicted molar refractivity (Wildman–Crippen MR) is 52.7 cm³/mol. The Labute approximate surface area is 80.7 Å². The standard InChI is InChI=1S/C10H21NO2/c1-9(13-2)4-3-5-11-6-10(7-11)8-12/h9-10,12H,3-8H2,1-2H3. The number of likely N-dealkylation sites (tertiary alicyclic amines) is 1. The Balaban J connectivity index is 1.90.